The van der Waals surface area contributed by atoms with Crippen LogP contribution in [0, 0.1) is 15.4 Å². The Kier molecular flexibility index (Phi) is 3.75. The molecule has 1 aromatic carbocycles. The molecule has 0 radical (unpaired) electrons. The lowest BCUT2D eigenvalue weighted by molar-refractivity contribution is 0.0780. The van der Waals surface area contributed by atoms with Gasteiger partial charge in [-0.1, -0.05) is 11.6 Å². The van der Waals surface area contributed by atoms with E-state index in [1.165, 1.54) is 0 Å². The van der Waals surface area contributed by atoms with Gasteiger partial charge < -0.3 is 10.6 Å². The first kappa shape index (κ1) is 13.6. The third kappa shape index (κ3) is 2.50. The minimum atomic E-state index is 0.0444. The summed E-state index contributed by atoms with van der Waals surface area (Å²) in [4.78, 5) is 14.4. The van der Waals surface area contributed by atoms with Crippen LogP contribution >= 0.6 is 34.2 Å². The number of benzene rings is 1. The van der Waals surface area contributed by atoms with Gasteiger partial charge in [-0.25, -0.2) is 0 Å². The van der Waals surface area contributed by atoms with Crippen LogP contribution in [0.3, 0.4) is 0 Å². The molecule has 5 heteroatoms. The van der Waals surface area contributed by atoms with Gasteiger partial charge in [0.25, 0.3) is 5.91 Å². The molecular formula is C14H16ClIN2O. The number of amides is 1. The van der Waals surface area contributed by atoms with Gasteiger partial charge in [0, 0.05) is 22.7 Å². The van der Waals surface area contributed by atoms with Crippen molar-refractivity contribution in [3.63, 3.8) is 0 Å². The Morgan fingerprint density at radius 2 is 2.16 bits per heavy atom. The van der Waals surface area contributed by atoms with E-state index >= 15 is 0 Å². The fourth-order valence-electron chi connectivity index (χ4n) is 3.31. The van der Waals surface area contributed by atoms with Crippen LogP contribution in [0.5, 0.6) is 0 Å². The Balaban J connectivity index is 1.78. The van der Waals surface area contributed by atoms with E-state index in [-0.39, 0.29) is 11.9 Å². The molecule has 2 aliphatic rings. The normalized spacial score (nSPS) is 29.6. The zero-order chi connectivity index (χ0) is 13.6. The predicted molar refractivity (Wildman–Crippen MR) is 84.3 cm³/mol. The number of fused-ring (bicyclic) bond motifs is 1. The third-order valence-electron chi connectivity index (χ3n) is 4.36. The summed E-state index contributed by atoms with van der Waals surface area (Å²) >= 11 is 8.37. The summed E-state index contributed by atoms with van der Waals surface area (Å²) < 4.78 is 1.04. The molecule has 1 saturated carbocycles. The maximum absolute atomic E-state index is 12.5. The minimum Gasteiger partial charge on any atom is -0.338 e. The number of halogens is 2. The second kappa shape index (κ2) is 5.22. The monoisotopic (exact) mass is 390 g/mol. The number of nitrogens with zero attached hydrogens (tertiary/aromatic N) is 1. The number of hydrogen-bond donors (Lipinski definition) is 1. The lowest BCUT2D eigenvalue weighted by Crippen LogP contribution is -2.33. The Labute approximate surface area is 131 Å². The van der Waals surface area contributed by atoms with Gasteiger partial charge >= 0.3 is 0 Å². The molecule has 19 heavy (non-hydrogen) atoms. The van der Waals surface area contributed by atoms with E-state index in [1.54, 1.807) is 0 Å². The van der Waals surface area contributed by atoms with E-state index in [0.29, 0.717) is 22.4 Å². The van der Waals surface area contributed by atoms with Gasteiger partial charge in [-0.3, -0.25) is 4.79 Å². The van der Waals surface area contributed by atoms with Crippen LogP contribution in [-0.4, -0.2) is 29.9 Å². The molecular weight excluding hydrogens is 375 g/mol. The van der Waals surface area contributed by atoms with Crippen molar-refractivity contribution in [3.8, 4) is 0 Å². The maximum Gasteiger partial charge on any atom is 0.255 e. The van der Waals surface area contributed by atoms with Gasteiger partial charge in [-0.15, -0.1) is 0 Å². The molecule has 3 unspecified atom stereocenters. The lowest BCUT2D eigenvalue weighted by Gasteiger charge is -2.19. The van der Waals surface area contributed by atoms with Crippen molar-refractivity contribution in [3.05, 3.63) is 32.4 Å². The zero-order valence-corrected chi connectivity index (χ0v) is 13.4. The van der Waals surface area contributed by atoms with Gasteiger partial charge in [0.1, 0.15) is 0 Å². The van der Waals surface area contributed by atoms with Crippen LogP contribution in [0.1, 0.15) is 23.2 Å². The standard InChI is InChI=1S/C14H16ClIN2O/c15-12-5-9(16)2-3-10(12)14(19)18-6-8-1-4-13(17)11(8)7-18/h2-3,5,8,11,13H,1,4,6-7,17H2. The third-order valence-corrected chi connectivity index (χ3v) is 5.34. The highest BCUT2D eigenvalue weighted by Gasteiger charge is 2.42. The second-order valence-electron chi connectivity index (χ2n) is 5.50. The van der Waals surface area contributed by atoms with Crippen molar-refractivity contribution in [1.82, 2.24) is 4.90 Å². The van der Waals surface area contributed by atoms with Gasteiger partial charge in [-0.05, 0) is 65.5 Å². The first-order valence-electron chi connectivity index (χ1n) is 6.56. The van der Waals surface area contributed by atoms with Crippen LogP contribution in [0.25, 0.3) is 0 Å². The van der Waals surface area contributed by atoms with Crippen molar-refractivity contribution in [2.45, 2.75) is 18.9 Å². The largest absolute Gasteiger partial charge is 0.338 e. The van der Waals surface area contributed by atoms with E-state index in [1.807, 2.05) is 23.1 Å². The van der Waals surface area contributed by atoms with E-state index < -0.39 is 0 Å². The Morgan fingerprint density at radius 1 is 1.37 bits per heavy atom. The average Bonchev–Trinajstić information content (AvgIpc) is 2.91. The van der Waals surface area contributed by atoms with Crippen molar-refractivity contribution >= 4 is 40.1 Å². The molecule has 3 rings (SSSR count). The Bertz CT molecular complexity index is 522. The molecule has 1 aliphatic heterocycles. The highest BCUT2D eigenvalue weighted by atomic mass is 127. The molecule has 1 aliphatic carbocycles. The van der Waals surface area contributed by atoms with Gasteiger partial charge in [0.05, 0.1) is 10.6 Å². The second-order valence-corrected chi connectivity index (χ2v) is 7.15. The zero-order valence-electron chi connectivity index (χ0n) is 10.5. The van der Waals surface area contributed by atoms with Gasteiger partial charge in [-0.2, -0.15) is 0 Å². The smallest absolute Gasteiger partial charge is 0.255 e. The van der Waals surface area contributed by atoms with E-state index in [0.717, 1.165) is 29.5 Å². The SMILES string of the molecule is NC1CCC2CN(C(=O)c3ccc(I)cc3Cl)CC12. The predicted octanol–water partition coefficient (Wildman–Crippen LogP) is 2.75. The molecule has 0 spiro atoms. The number of nitrogens with two attached hydrogens (primary N) is 1. The molecule has 3 atom stereocenters. The van der Waals surface area contributed by atoms with Crippen molar-refractivity contribution in [2.24, 2.45) is 17.6 Å². The van der Waals surface area contributed by atoms with Crippen LogP contribution in [0.15, 0.2) is 18.2 Å². The topological polar surface area (TPSA) is 46.3 Å². The molecule has 0 aromatic heterocycles. The van der Waals surface area contributed by atoms with E-state index in [4.69, 9.17) is 17.3 Å². The summed E-state index contributed by atoms with van der Waals surface area (Å²) in [6.07, 6.45) is 2.25. The number of hydrogen-bond acceptors (Lipinski definition) is 2. The fourth-order valence-corrected chi connectivity index (χ4v) is 4.24. The minimum absolute atomic E-state index is 0.0444. The van der Waals surface area contributed by atoms with Gasteiger partial charge in [0.15, 0.2) is 0 Å². The summed E-state index contributed by atoms with van der Waals surface area (Å²) in [5.41, 5.74) is 6.71. The summed E-state index contributed by atoms with van der Waals surface area (Å²) in [5, 5.41) is 0.540. The van der Waals surface area contributed by atoms with Crippen LogP contribution in [0.2, 0.25) is 5.02 Å². The Hall–Kier alpha value is -0.330. The number of likely N-dealkylation sites (tertiary alicyclic amines) is 1. The lowest BCUT2D eigenvalue weighted by atomic mass is 9.98. The molecule has 3 nitrogen and oxygen atoms in total. The van der Waals surface area contributed by atoms with E-state index in [2.05, 4.69) is 22.6 Å². The van der Waals surface area contributed by atoms with Gasteiger partial charge in [0.2, 0.25) is 0 Å². The summed E-state index contributed by atoms with van der Waals surface area (Å²) in [7, 11) is 0. The number of carbonyl (C=O) groups is 1. The highest BCUT2D eigenvalue weighted by molar-refractivity contribution is 14.1. The summed E-state index contributed by atoms with van der Waals surface area (Å²) in [6.45, 7) is 1.62. The molecule has 1 heterocycles. The molecule has 102 valence electrons. The first-order valence-corrected chi connectivity index (χ1v) is 8.02. The van der Waals surface area contributed by atoms with Crippen LogP contribution < -0.4 is 5.73 Å². The molecule has 0 bridgehead atoms. The average molecular weight is 391 g/mol. The quantitative estimate of drug-likeness (QED) is 0.750. The molecule has 2 N–H and O–H groups in total. The fraction of sp³-hybridized carbons (Fsp3) is 0.500. The van der Waals surface area contributed by atoms with Crippen molar-refractivity contribution in [2.75, 3.05) is 13.1 Å². The van der Waals surface area contributed by atoms with Crippen LogP contribution in [0.4, 0.5) is 0 Å². The summed E-state index contributed by atoms with van der Waals surface area (Å²) in [6, 6.07) is 5.83. The maximum atomic E-state index is 12.5. The first-order chi connectivity index (χ1) is 9.06. The summed E-state index contributed by atoms with van der Waals surface area (Å²) in [5.74, 6) is 1.11. The number of rotatable bonds is 1. The molecule has 1 aromatic rings. The van der Waals surface area contributed by atoms with Crippen molar-refractivity contribution in [1.29, 1.82) is 0 Å². The number of carbonyl (C=O) groups excluding carboxylic acids is 1. The highest BCUT2D eigenvalue weighted by Crippen LogP contribution is 2.38. The molecule has 1 amide bonds. The van der Waals surface area contributed by atoms with Crippen molar-refractivity contribution < 1.29 is 4.79 Å². The van der Waals surface area contributed by atoms with E-state index in [9.17, 15) is 4.79 Å². The van der Waals surface area contributed by atoms with Crippen LogP contribution in [-0.2, 0) is 0 Å². The molecule has 2 fully saturated rings. The molecule has 1 saturated heterocycles. The Morgan fingerprint density at radius 3 is 2.84 bits per heavy atom.